The Morgan fingerprint density at radius 1 is 1.16 bits per heavy atom. The summed E-state index contributed by atoms with van der Waals surface area (Å²) >= 11 is 8.84. The van der Waals surface area contributed by atoms with Crippen LogP contribution < -0.4 is 10.1 Å². The summed E-state index contributed by atoms with van der Waals surface area (Å²) in [4.78, 5) is 14.2. The molecule has 0 saturated carbocycles. The molecule has 4 rings (SSSR count). The number of carbonyl (C=O) groups is 1. The number of benzene rings is 2. The fraction of sp³-hybridized carbons (Fsp3) is 0.250. The molecule has 1 saturated heterocycles. The minimum atomic E-state index is -0.0959. The Balaban J connectivity index is 1.60. The number of carbonyl (C=O) groups excluding carboxylic acids is 1. The van der Waals surface area contributed by atoms with Gasteiger partial charge in [-0.25, -0.2) is 0 Å². The van der Waals surface area contributed by atoms with E-state index in [9.17, 15) is 4.79 Å². The minimum absolute atomic E-state index is 0.0959. The van der Waals surface area contributed by atoms with Crippen LogP contribution in [0.5, 0.6) is 5.75 Å². The van der Waals surface area contributed by atoms with Gasteiger partial charge in [0.05, 0.1) is 6.54 Å². The van der Waals surface area contributed by atoms with Crippen LogP contribution in [-0.2, 0) is 11.3 Å². The number of hydrogen-bond acceptors (Lipinski definition) is 3. The number of fused-ring (bicyclic) bond motifs is 1. The summed E-state index contributed by atoms with van der Waals surface area (Å²) in [5, 5.41) is 4.55. The molecule has 5 nitrogen and oxygen atoms in total. The van der Waals surface area contributed by atoms with E-state index in [0.29, 0.717) is 30.5 Å². The number of nitrogens with zero attached hydrogens (tertiary/aromatic N) is 2. The molecule has 1 fully saturated rings. The zero-order chi connectivity index (χ0) is 22.1. The molecule has 0 radical (unpaired) electrons. The van der Waals surface area contributed by atoms with Crippen molar-refractivity contribution in [1.82, 2.24) is 14.8 Å². The topological polar surface area (TPSA) is 46.5 Å². The first-order valence-electron chi connectivity index (χ1n) is 10.2. The van der Waals surface area contributed by atoms with Gasteiger partial charge in [0, 0.05) is 33.7 Å². The molecule has 160 valence electrons. The highest BCUT2D eigenvalue weighted by Crippen LogP contribution is 2.28. The highest BCUT2D eigenvalue weighted by molar-refractivity contribution is 9.10. The van der Waals surface area contributed by atoms with Gasteiger partial charge < -0.3 is 14.6 Å². The third-order valence-corrected chi connectivity index (χ3v) is 6.35. The van der Waals surface area contributed by atoms with Crippen molar-refractivity contribution in [3.8, 4) is 5.75 Å². The molecule has 2 heterocycles. The molecule has 31 heavy (non-hydrogen) atoms. The number of rotatable bonds is 6. The van der Waals surface area contributed by atoms with Gasteiger partial charge in [-0.15, -0.1) is 0 Å². The van der Waals surface area contributed by atoms with E-state index in [-0.39, 0.29) is 5.91 Å². The molecule has 3 aromatic rings. The van der Waals surface area contributed by atoms with Crippen LogP contribution in [0, 0.1) is 13.8 Å². The average Bonchev–Trinajstić information content (AvgIpc) is 3.20. The maximum Gasteiger partial charge on any atom is 0.276 e. The Kier molecular flexibility index (Phi) is 6.16. The maximum atomic E-state index is 12.6. The Labute approximate surface area is 195 Å². The van der Waals surface area contributed by atoms with E-state index in [1.165, 1.54) is 11.1 Å². The summed E-state index contributed by atoms with van der Waals surface area (Å²) in [6.45, 7) is 7.87. The highest BCUT2D eigenvalue weighted by Gasteiger charge is 2.29. The number of hydrogen-bond donors (Lipinski definition) is 1. The molecule has 0 bridgehead atoms. The molecular weight excluding hydrogens is 474 g/mol. The summed E-state index contributed by atoms with van der Waals surface area (Å²) in [6, 6.07) is 12.3. The Morgan fingerprint density at radius 2 is 1.97 bits per heavy atom. The van der Waals surface area contributed by atoms with Crippen molar-refractivity contribution >= 4 is 56.1 Å². The predicted molar refractivity (Wildman–Crippen MR) is 132 cm³/mol. The van der Waals surface area contributed by atoms with Crippen molar-refractivity contribution < 1.29 is 9.53 Å². The zero-order valence-corrected chi connectivity index (χ0v) is 20.1. The second kappa shape index (κ2) is 8.85. The van der Waals surface area contributed by atoms with Gasteiger partial charge in [0.15, 0.2) is 5.11 Å². The van der Waals surface area contributed by atoms with Crippen molar-refractivity contribution in [3.05, 3.63) is 69.5 Å². The third kappa shape index (κ3) is 4.38. The first-order chi connectivity index (χ1) is 14.9. The molecule has 1 N–H and O–H groups in total. The van der Waals surface area contributed by atoms with E-state index in [1.807, 2.05) is 25.1 Å². The molecule has 0 atom stereocenters. The van der Waals surface area contributed by atoms with Crippen LogP contribution in [0.1, 0.15) is 23.6 Å². The maximum absolute atomic E-state index is 12.6. The lowest BCUT2D eigenvalue weighted by molar-refractivity contribution is -0.122. The number of thiocarbonyl (C=S) groups is 1. The van der Waals surface area contributed by atoms with Crippen LogP contribution in [0.3, 0.4) is 0 Å². The molecule has 1 amide bonds. The molecular formula is C24H24BrN3O2S. The summed E-state index contributed by atoms with van der Waals surface area (Å²) in [6.07, 6.45) is 3.93. The predicted octanol–water partition coefficient (Wildman–Crippen LogP) is 5.18. The molecule has 0 aliphatic carbocycles. The highest BCUT2D eigenvalue weighted by atomic mass is 79.9. The van der Waals surface area contributed by atoms with Gasteiger partial charge >= 0.3 is 0 Å². The van der Waals surface area contributed by atoms with Gasteiger partial charge in [0.1, 0.15) is 18.1 Å². The van der Waals surface area contributed by atoms with Gasteiger partial charge in [-0.05, 0) is 80.5 Å². The quantitative estimate of drug-likeness (QED) is 0.376. The molecule has 1 aliphatic rings. The monoisotopic (exact) mass is 497 g/mol. The standard InChI is InChI=1S/C24H24BrN3O2S/c1-4-28-23(29)21(26-24(28)31)12-17-14-27(22-8-6-18(25)13-20(17)22)9-10-30-19-7-5-15(2)16(3)11-19/h5-8,11-14H,4,9-10H2,1-3H3,(H,26,31). The number of halogens is 1. The summed E-state index contributed by atoms with van der Waals surface area (Å²) in [5.41, 5.74) is 5.01. The molecule has 1 aromatic heterocycles. The van der Waals surface area contributed by atoms with E-state index < -0.39 is 0 Å². The van der Waals surface area contributed by atoms with Crippen molar-refractivity contribution in [1.29, 1.82) is 0 Å². The lowest BCUT2D eigenvalue weighted by Crippen LogP contribution is -2.30. The Hall–Kier alpha value is -2.64. The van der Waals surface area contributed by atoms with E-state index in [2.05, 4.69) is 70.1 Å². The van der Waals surface area contributed by atoms with E-state index in [1.54, 1.807) is 4.90 Å². The van der Waals surface area contributed by atoms with Gasteiger partial charge in [0.25, 0.3) is 5.91 Å². The SMILES string of the molecule is CCN1C(=O)C(=Cc2cn(CCOc3ccc(C)c(C)c3)c3ccc(Br)cc23)NC1=S. The number of amides is 1. The van der Waals surface area contributed by atoms with Gasteiger partial charge in [-0.2, -0.15) is 0 Å². The number of aromatic nitrogens is 1. The Morgan fingerprint density at radius 3 is 2.68 bits per heavy atom. The number of likely N-dealkylation sites (N-methyl/N-ethyl adjacent to an activating group) is 1. The van der Waals surface area contributed by atoms with E-state index in [0.717, 1.165) is 26.7 Å². The fourth-order valence-corrected chi connectivity index (χ4v) is 4.36. The van der Waals surface area contributed by atoms with Crippen LogP contribution >= 0.6 is 28.1 Å². The normalized spacial score (nSPS) is 15.2. The zero-order valence-electron chi connectivity index (χ0n) is 17.7. The summed E-state index contributed by atoms with van der Waals surface area (Å²) in [7, 11) is 0. The molecule has 0 spiro atoms. The van der Waals surface area contributed by atoms with Gasteiger partial charge in [-0.1, -0.05) is 22.0 Å². The number of aryl methyl sites for hydroxylation is 2. The first-order valence-corrected chi connectivity index (χ1v) is 11.4. The van der Waals surface area contributed by atoms with Crippen LogP contribution in [0.4, 0.5) is 0 Å². The molecule has 7 heteroatoms. The fourth-order valence-electron chi connectivity index (χ4n) is 3.68. The average molecular weight is 498 g/mol. The first kappa shape index (κ1) is 21.6. The Bertz CT molecular complexity index is 1210. The molecule has 2 aromatic carbocycles. The van der Waals surface area contributed by atoms with E-state index >= 15 is 0 Å². The van der Waals surface area contributed by atoms with Crippen LogP contribution in [-0.4, -0.2) is 33.6 Å². The molecule has 0 unspecified atom stereocenters. The second-order valence-corrected chi connectivity index (χ2v) is 8.87. The smallest absolute Gasteiger partial charge is 0.276 e. The van der Waals surface area contributed by atoms with Crippen LogP contribution in [0.25, 0.3) is 17.0 Å². The lowest BCUT2D eigenvalue weighted by Gasteiger charge is -2.10. The lowest BCUT2D eigenvalue weighted by atomic mass is 10.1. The van der Waals surface area contributed by atoms with Gasteiger partial charge in [-0.3, -0.25) is 9.69 Å². The van der Waals surface area contributed by atoms with Crippen LogP contribution in [0.15, 0.2) is 52.8 Å². The van der Waals surface area contributed by atoms with Gasteiger partial charge in [0.2, 0.25) is 0 Å². The third-order valence-electron chi connectivity index (χ3n) is 5.53. The van der Waals surface area contributed by atoms with Crippen LogP contribution in [0.2, 0.25) is 0 Å². The number of nitrogens with one attached hydrogen (secondary N) is 1. The summed E-state index contributed by atoms with van der Waals surface area (Å²) in [5.74, 6) is 0.778. The second-order valence-electron chi connectivity index (χ2n) is 7.57. The van der Waals surface area contributed by atoms with Crippen molar-refractivity contribution in [2.45, 2.75) is 27.3 Å². The van der Waals surface area contributed by atoms with Crippen molar-refractivity contribution in [2.75, 3.05) is 13.2 Å². The molecule has 1 aliphatic heterocycles. The van der Waals surface area contributed by atoms with E-state index in [4.69, 9.17) is 17.0 Å². The largest absolute Gasteiger partial charge is 0.492 e. The summed E-state index contributed by atoms with van der Waals surface area (Å²) < 4.78 is 9.13. The van der Waals surface area contributed by atoms with Crippen molar-refractivity contribution in [3.63, 3.8) is 0 Å². The number of ether oxygens (including phenoxy) is 1. The minimum Gasteiger partial charge on any atom is -0.492 e. The van der Waals surface area contributed by atoms with Crippen molar-refractivity contribution in [2.24, 2.45) is 0 Å².